The zero-order chi connectivity index (χ0) is 12.3. The van der Waals surface area contributed by atoms with Gasteiger partial charge in [-0.2, -0.15) is 0 Å². The molecule has 1 nitrogen and oxygen atoms in total. The van der Waals surface area contributed by atoms with Crippen molar-refractivity contribution in [1.29, 1.82) is 0 Å². The fraction of sp³-hybridized carbons (Fsp3) is 0.571. The average molecular weight is 272 g/mol. The molecule has 1 aromatic rings. The standard InChI is InChI=1S/C14H19Cl2N/c15-12-5-4-6-13(16)11(12)9-14(10-17)7-2-1-3-8-14/h4-6H,1-3,7-10,17H2. The van der Waals surface area contributed by atoms with Gasteiger partial charge in [0.25, 0.3) is 0 Å². The van der Waals surface area contributed by atoms with Crippen LogP contribution in [0.2, 0.25) is 10.0 Å². The summed E-state index contributed by atoms with van der Waals surface area (Å²) in [5.41, 5.74) is 7.29. The first kappa shape index (κ1) is 13.2. The summed E-state index contributed by atoms with van der Waals surface area (Å²) in [4.78, 5) is 0. The molecule has 2 N–H and O–H groups in total. The van der Waals surface area contributed by atoms with Crippen molar-refractivity contribution in [2.45, 2.75) is 38.5 Å². The Morgan fingerprint density at radius 1 is 1.06 bits per heavy atom. The van der Waals surface area contributed by atoms with E-state index in [2.05, 4.69) is 0 Å². The molecule has 0 heterocycles. The zero-order valence-corrected chi connectivity index (χ0v) is 11.5. The Kier molecular flexibility index (Phi) is 4.35. The topological polar surface area (TPSA) is 26.0 Å². The van der Waals surface area contributed by atoms with Gasteiger partial charge >= 0.3 is 0 Å². The highest BCUT2D eigenvalue weighted by atomic mass is 35.5. The van der Waals surface area contributed by atoms with Gasteiger partial charge in [-0.25, -0.2) is 0 Å². The molecule has 0 atom stereocenters. The molecule has 1 aliphatic carbocycles. The van der Waals surface area contributed by atoms with Crippen molar-refractivity contribution in [2.24, 2.45) is 11.1 Å². The third-order valence-corrected chi connectivity index (χ3v) is 4.67. The average Bonchev–Trinajstić information content (AvgIpc) is 2.35. The Balaban J connectivity index is 2.23. The third-order valence-electron chi connectivity index (χ3n) is 3.96. The van der Waals surface area contributed by atoms with Crippen LogP contribution in [0.4, 0.5) is 0 Å². The van der Waals surface area contributed by atoms with Crippen LogP contribution in [0.3, 0.4) is 0 Å². The number of rotatable bonds is 3. The van der Waals surface area contributed by atoms with Gasteiger partial charge in [-0.05, 0) is 48.9 Å². The number of hydrogen-bond donors (Lipinski definition) is 1. The smallest absolute Gasteiger partial charge is 0.0453 e. The first-order valence-corrected chi connectivity index (χ1v) is 7.05. The molecule has 17 heavy (non-hydrogen) atoms. The van der Waals surface area contributed by atoms with Crippen molar-refractivity contribution >= 4 is 23.2 Å². The van der Waals surface area contributed by atoms with E-state index in [4.69, 9.17) is 28.9 Å². The second-order valence-corrected chi connectivity index (χ2v) is 5.96. The highest BCUT2D eigenvalue weighted by Gasteiger charge is 2.31. The van der Waals surface area contributed by atoms with Crippen molar-refractivity contribution in [2.75, 3.05) is 6.54 Å². The minimum Gasteiger partial charge on any atom is -0.330 e. The predicted molar refractivity (Wildman–Crippen MR) is 74.7 cm³/mol. The van der Waals surface area contributed by atoms with Crippen LogP contribution in [0.1, 0.15) is 37.7 Å². The minimum atomic E-state index is 0.215. The van der Waals surface area contributed by atoms with E-state index in [9.17, 15) is 0 Å². The number of nitrogens with two attached hydrogens (primary N) is 1. The summed E-state index contributed by atoms with van der Waals surface area (Å²) in [7, 11) is 0. The Hall–Kier alpha value is -0.240. The molecular formula is C14H19Cl2N. The van der Waals surface area contributed by atoms with E-state index in [1.807, 2.05) is 18.2 Å². The van der Waals surface area contributed by atoms with Crippen LogP contribution in [-0.2, 0) is 6.42 Å². The molecule has 0 aromatic heterocycles. The third kappa shape index (κ3) is 2.96. The lowest BCUT2D eigenvalue weighted by molar-refractivity contribution is 0.197. The van der Waals surface area contributed by atoms with Gasteiger partial charge in [-0.15, -0.1) is 0 Å². The van der Waals surface area contributed by atoms with Crippen LogP contribution >= 0.6 is 23.2 Å². The summed E-state index contributed by atoms with van der Waals surface area (Å²) in [6.07, 6.45) is 7.20. The van der Waals surface area contributed by atoms with Gasteiger partial charge in [0, 0.05) is 10.0 Å². The van der Waals surface area contributed by atoms with E-state index >= 15 is 0 Å². The molecule has 0 saturated heterocycles. The van der Waals surface area contributed by atoms with E-state index in [-0.39, 0.29) is 5.41 Å². The molecular weight excluding hydrogens is 253 g/mol. The molecule has 3 heteroatoms. The normalized spacial score (nSPS) is 19.2. The second kappa shape index (κ2) is 5.60. The molecule has 1 fully saturated rings. The van der Waals surface area contributed by atoms with Crippen LogP contribution in [0.5, 0.6) is 0 Å². The highest BCUT2D eigenvalue weighted by Crippen LogP contribution is 2.41. The lowest BCUT2D eigenvalue weighted by Crippen LogP contribution is -2.35. The molecule has 2 rings (SSSR count). The van der Waals surface area contributed by atoms with E-state index < -0.39 is 0 Å². The van der Waals surface area contributed by atoms with Gasteiger partial charge in [-0.3, -0.25) is 0 Å². The molecule has 0 radical (unpaired) electrons. The minimum absolute atomic E-state index is 0.215. The van der Waals surface area contributed by atoms with E-state index in [1.54, 1.807) is 0 Å². The Labute approximate surface area is 113 Å². The monoisotopic (exact) mass is 271 g/mol. The van der Waals surface area contributed by atoms with Crippen LogP contribution in [0.25, 0.3) is 0 Å². The van der Waals surface area contributed by atoms with Crippen molar-refractivity contribution in [3.8, 4) is 0 Å². The van der Waals surface area contributed by atoms with Crippen molar-refractivity contribution in [3.05, 3.63) is 33.8 Å². The molecule has 0 amide bonds. The van der Waals surface area contributed by atoms with E-state index in [1.165, 1.54) is 32.1 Å². The molecule has 1 aliphatic rings. The second-order valence-electron chi connectivity index (χ2n) is 5.14. The lowest BCUT2D eigenvalue weighted by Gasteiger charge is -2.36. The first-order chi connectivity index (χ1) is 8.17. The van der Waals surface area contributed by atoms with Gasteiger partial charge in [0.1, 0.15) is 0 Å². The number of hydrogen-bond acceptors (Lipinski definition) is 1. The summed E-state index contributed by atoms with van der Waals surface area (Å²) in [6.45, 7) is 0.731. The molecule has 0 spiro atoms. The van der Waals surface area contributed by atoms with Crippen LogP contribution in [0, 0.1) is 5.41 Å². The SMILES string of the molecule is NCC1(Cc2c(Cl)cccc2Cl)CCCCC1. The molecule has 1 saturated carbocycles. The molecule has 0 bridgehead atoms. The van der Waals surface area contributed by atoms with Gasteiger partial charge in [-0.1, -0.05) is 48.5 Å². The highest BCUT2D eigenvalue weighted by molar-refractivity contribution is 6.36. The van der Waals surface area contributed by atoms with Gasteiger partial charge in [0.05, 0.1) is 0 Å². The lowest BCUT2D eigenvalue weighted by atomic mass is 9.70. The first-order valence-electron chi connectivity index (χ1n) is 6.30. The summed E-state index contributed by atoms with van der Waals surface area (Å²) >= 11 is 12.5. The zero-order valence-electron chi connectivity index (χ0n) is 10.0. The van der Waals surface area contributed by atoms with E-state index in [0.29, 0.717) is 0 Å². The fourth-order valence-corrected chi connectivity index (χ4v) is 3.36. The van der Waals surface area contributed by atoms with Crippen molar-refractivity contribution in [1.82, 2.24) is 0 Å². The molecule has 94 valence electrons. The quantitative estimate of drug-likeness (QED) is 0.864. The van der Waals surface area contributed by atoms with Crippen molar-refractivity contribution in [3.63, 3.8) is 0 Å². The van der Waals surface area contributed by atoms with Crippen molar-refractivity contribution < 1.29 is 0 Å². The summed E-state index contributed by atoms with van der Waals surface area (Å²) in [5, 5.41) is 1.55. The summed E-state index contributed by atoms with van der Waals surface area (Å²) in [6, 6.07) is 5.72. The van der Waals surface area contributed by atoms with Crippen LogP contribution in [0.15, 0.2) is 18.2 Å². The fourth-order valence-electron chi connectivity index (χ4n) is 2.83. The molecule has 0 aliphatic heterocycles. The Morgan fingerprint density at radius 3 is 2.18 bits per heavy atom. The van der Waals surface area contributed by atoms with Gasteiger partial charge in [0.15, 0.2) is 0 Å². The maximum absolute atomic E-state index is 6.24. The summed E-state index contributed by atoms with van der Waals surface area (Å²) in [5.74, 6) is 0. The van der Waals surface area contributed by atoms with Crippen LogP contribution < -0.4 is 5.73 Å². The maximum Gasteiger partial charge on any atom is 0.0453 e. The Bertz CT molecular complexity index is 364. The summed E-state index contributed by atoms with van der Waals surface area (Å²) < 4.78 is 0. The predicted octanol–water partition coefficient (Wildman–Crippen LogP) is 4.45. The molecule has 1 aromatic carbocycles. The van der Waals surface area contributed by atoms with E-state index in [0.717, 1.165) is 28.6 Å². The Morgan fingerprint density at radius 2 is 1.65 bits per heavy atom. The molecule has 0 unspecified atom stereocenters. The largest absolute Gasteiger partial charge is 0.330 e. The van der Waals surface area contributed by atoms with Crippen LogP contribution in [-0.4, -0.2) is 6.54 Å². The van der Waals surface area contributed by atoms with Gasteiger partial charge in [0.2, 0.25) is 0 Å². The maximum atomic E-state index is 6.24. The van der Waals surface area contributed by atoms with Gasteiger partial charge < -0.3 is 5.73 Å². The number of benzene rings is 1. The number of halogens is 2.